The first-order valence-corrected chi connectivity index (χ1v) is 7.21. The van der Waals surface area contributed by atoms with Crippen molar-refractivity contribution in [2.24, 2.45) is 5.73 Å². The van der Waals surface area contributed by atoms with Crippen molar-refractivity contribution in [3.05, 3.63) is 29.6 Å². The van der Waals surface area contributed by atoms with Gasteiger partial charge in [-0.25, -0.2) is 4.39 Å². The van der Waals surface area contributed by atoms with Gasteiger partial charge in [-0.2, -0.15) is 11.8 Å². The second-order valence-electron chi connectivity index (χ2n) is 4.40. The maximum absolute atomic E-state index is 14.0. The lowest BCUT2D eigenvalue weighted by molar-refractivity contribution is 0.600. The zero-order chi connectivity index (χ0) is 12.3. The maximum atomic E-state index is 14.0. The van der Waals surface area contributed by atoms with E-state index in [0.29, 0.717) is 12.6 Å². The van der Waals surface area contributed by atoms with Crippen molar-refractivity contribution in [2.45, 2.75) is 19.4 Å². The number of anilines is 1. The van der Waals surface area contributed by atoms with Crippen LogP contribution in [0.3, 0.4) is 0 Å². The van der Waals surface area contributed by atoms with Gasteiger partial charge in [-0.05, 0) is 31.5 Å². The quantitative estimate of drug-likeness (QED) is 0.897. The van der Waals surface area contributed by atoms with Crippen molar-refractivity contribution in [3.63, 3.8) is 0 Å². The molecule has 17 heavy (non-hydrogen) atoms. The Kier molecular flexibility index (Phi) is 4.29. The van der Waals surface area contributed by atoms with E-state index in [1.54, 1.807) is 12.1 Å². The Bertz CT molecular complexity index is 384. The summed E-state index contributed by atoms with van der Waals surface area (Å²) in [6, 6.07) is 5.69. The molecule has 0 radical (unpaired) electrons. The molecule has 0 aromatic heterocycles. The fraction of sp³-hybridized carbons (Fsp3) is 0.538. The molecule has 1 saturated heterocycles. The van der Waals surface area contributed by atoms with Crippen LogP contribution in [0, 0.1) is 5.82 Å². The first-order valence-electron chi connectivity index (χ1n) is 6.06. The molecule has 0 bridgehead atoms. The number of rotatable bonds is 3. The zero-order valence-electron chi connectivity index (χ0n) is 10.2. The van der Waals surface area contributed by atoms with Crippen molar-refractivity contribution >= 4 is 17.4 Å². The molecule has 2 N–H and O–H groups in total. The van der Waals surface area contributed by atoms with Crippen LogP contribution >= 0.6 is 11.8 Å². The predicted octanol–water partition coefficient (Wildman–Crippen LogP) is 2.27. The molecule has 2 nitrogen and oxygen atoms in total. The molecule has 0 aliphatic carbocycles. The summed E-state index contributed by atoms with van der Waals surface area (Å²) in [4.78, 5) is 2.19. The van der Waals surface area contributed by atoms with Gasteiger partial charge >= 0.3 is 0 Å². The number of benzene rings is 1. The standard InChI is InChI=1S/C13H19FN2S/c1-10-9-17-8-7-16(10)13-11(5-6-15)3-2-4-12(13)14/h2-4,10H,5-9,15H2,1H3. The minimum atomic E-state index is -0.116. The topological polar surface area (TPSA) is 29.3 Å². The first-order chi connectivity index (χ1) is 8.24. The highest BCUT2D eigenvalue weighted by Crippen LogP contribution is 2.30. The Morgan fingerprint density at radius 2 is 2.35 bits per heavy atom. The van der Waals surface area contributed by atoms with E-state index < -0.39 is 0 Å². The number of hydrogen-bond donors (Lipinski definition) is 1. The minimum Gasteiger partial charge on any atom is -0.365 e. The fourth-order valence-electron chi connectivity index (χ4n) is 2.30. The van der Waals surface area contributed by atoms with Gasteiger partial charge in [0.25, 0.3) is 0 Å². The van der Waals surface area contributed by atoms with E-state index in [9.17, 15) is 4.39 Å². The van der Waals surface area contributed by atoms with Gasteiger partial charge in [0.1, 0.15) is 5.82 Å². The molecule has 0 amide bonds. The highest BCUT2D eigenvalue weighted by Gasteiger charge is 2.23. The van der Waals surface area contributed by atoms with Crippen molar-refractivity contribution in [3.8, 4) is 0 Å². The van der Waals surface area contributed by atoms with E-state index in [-0.39, 0.29) is 5.82 Å². The van der Waals surface area contributed by atoms with Gasteiger partial charge in [0, 0.05) is 24.1 Å². The summed E-state index contributed by atoms with van der Waals surface area (Å²) in [5.41, 5.74) is 7.40. The van der Waals surface area contributed by atoms with E-state index in [1.165, 1.54) is 0 Å². The van der Waals surface area contributed by atoms with Crippen LogP contribution in [0.5, 0.6) is 0 Å². The normalized spacial score (nSPS) is 20.6. The average molecular weight is 254 g/mol. The van der Waals surface area contributed by atoms with Crippen LogP contribution in [-0.2, 0) is 6.42 Å². The molecule has 1 aliphatic heterocycles. The van der Waals surface area contributed by atoms with E-state index in [0.717, 1.165) is 35.7 Å². The number of hydrogen-bond acceptors (Lipinski definition) is 3. The average Bonchev–Trinajstić information content (AvgIpc) is 2.31. The van der Waals surface area contributed by atoms with Crippen LogP contribution < -0.4 is 10.6 Å². The molecular formula is C13H19FN2S. The smallest absolute Gasteiger partial charge is 0.146 e. The third-order valence-electron chi connectivity index (χ3n) is 3.14. The molecule has 1 aliphatic rings. The maximum Gasteiger partial charge on any atom is 0.146 e. The zero-order valence-corrected chi connectivity index (χ0v) is 11.0. The number of para-hydroxylation sites is 1. The van der Waals surface area contributed by atoms with Crippen molar-refractivity contribution in [1.29, 1.82) is 0 Å². The van der Waals surface area contributed by atoms with Crippen LogP contribution in [0.1, 0.15) is 12.5 Å². The molecule has 94 valence electrons. The molecule has 1 atom stereocenters. The summed E-state index contributed by atoms with van der Waals surface area (Å²) in [6.07, 6.45) is 0.740. The Labute approximate surface area is 106 Å². The molecule has 1 fully saturated rings. The fourth-order valence-corrected chi connectivity index (χ4v) is 3.31. The lowest BCUT2D eigenvalue weighted by Gasteiger charge is -2.36. The molecule has 1 aromatic carbocycles. The van der Waals surface area contributed by atoms with E-state index >= 15 is 0 Å². The summed E-state index contributed by atoms with van der Waals surface area (Å²) in [6.45, 7) is 3.64. The number of thioether (sulfide) groups is 1. The number of nitrogens with zero attached hydrogens (tertiary/aromatic N) is 1. The van der Waals surface area contributed by atoms with Gasteiger partial charge in [0.15, 0.2) is 0 Å². The molecule has 1 heterocycles. The van der Waals surface area contributed by atoms with Gasteiger partial charge in [0.05, 0.1) is 5.69 Å². The summed E-state index contributed by atoms with van der Waals surface area (Å²) < 4.78 is 14.0. The van der Waals surface area contributed by atoms with Crippen LogP contribution in [0.2, 0.25) is 0 Å². The van der Waals surface area contributed by atoms with E-state index in [2.05, 4.69) is 11.8 Å². The van der Waals surface area contributed by atoms with Crippen LogP contribution in [0.4, 0.5) is 10.1 Å². The highest BCUT2D eigenvalue weighted by molar-refractivity contribution is 7.99. The Morgan fingerprint density at radius 3 is 3.06 bits per heavy atom. The largest absolute Gasteiger partial charge is 0.365 e. The molecule has 2 rings (SSSR count). The van der Waals surface area contributed by atoms with E-state index in [4.69, 9.17) is 5.73 Å². The summed E-state index contributed by atoms with van der Waals surface area (Å²) >= 11 is 1.94. The lowest BCUT2D eigenvalue weighted by atomic mass is 10.1. The minimum absolute atomic E-state index is 0.116. The van der Waals surface area contributed by atoms with Gasteiger partial charge in [-0.1, -0.05) is 12.1 Å². The number of halogens is 1. The number of nitrogens with two attached hydrogens (primary N) is 1. The Balaban J connectivity index is 2.34. The van der Waals surface area contributed by atoms with Crippen molar-refractivity contribution in [1.82, 2.24) is 0 Å². The molecular weight excluding hydrogens is 235 g/mol. The van der Waals surface area contributed by atoms with Crippen molar-refractivity contribution in [2.75, 3.05) is 29.5 Å². The lowest BCUT2D eigenvalue weighted by Crippen LogP contribution is -2.41. The summed E-state index contributed by atoms with van der Waals surface area (Å²) in [5.74, 6) is 2.02. The van der Waals surface area contributed by atoms with Gasteiger partial charge in [0.2, 0.25) is 0 Å². The van der Waals surface area contributed by atoms with Crippen LogP contribution in [-0.4, -0.2) is 30.6 Å². The van der Waals surface area contributed by atoms with Crippen molar-refractivity contribution < 1.29 is 4.39 Å². The summed E-state index contributed by atoms with van der Waals surface area (Å²) in [7, 11) is 0. The summed E-state index contributed by atoms with van der Waals surface area (Å²) in [5, 5.41) is 0. The SMILES string of the molecule is CC1CSCCN1c1c(F)cccc1CCN. The molecule has 0 saturated carbocycles. The third-order valence-corrected chi connectivity index (χ3v) is 4.33. The molecule has 4 heteroatoms. The molecule has 1 aromatic rings. The second kappa shape index (κ2) is 5.74. The van der Waals surface area contributed by atoms with Crippen LogP contribution in [0.25, 0.3) is 0 Å². The molecule has 1 unspecified atom stereocenters. The Morgan fingerprint density at radius 1 is 1.53 bits per heavy atom. The predicted molar refractivity (Wildman–Crippen MR) is 73.3 cm³/mol. The second-order valence-corrected chi connectivity index (χ2v) is 5.55. The van der Waals surface area contributed by atoms with E-state index in [1.807, 2.05) is 17.8 Å². The molecule has 0 spiro atoms. The highest BCUT2D eigenvalue weighted by atomic mass is 32.2. The van der Waals surface area contributed by atoms with Crippen LogP contribution in [0.15, 0.2) is 18.2 Å². The Hall–Kier alpha value is -0.740. The monoisotopic (exact) mass is 254 g/mol. The van der Waals surface area contributed by atoms with Gasteiger partial charge < -0.3 is 10.6 Å². The first kappa shape index (κ1) is 12.7. The van der Waals surface area contributed by atoms with Gasteiger partial charge in [-0.15, -0.1) is 0 Å². The third kappa shape index (κ3) is 2.75. The van der Waals surface area contributed by atoms with Gasteiger partial charge in [-0.3, -0.25) is 0 Å².